The first-order valence-corrected chi connectivity index (χ1v) is 12.0. The molecule has 3 aliphatic heterocycles. The molecule has 1 aromatic rings. The van der Waals surface area contributed by atoms with Crippen LogP contribution in [0.5, 0.6) is 0 Å². The maximum Gasteiger partial charge on any atom is 0.282 e. The second-order valence-corrected chi connectivity index (χ2v) is 9.94. The Morgan fingerprint density at radius 1 is 0.935 bits per heavy atom. The van der Waals surface area contributed by atoms with Crippen LogP contribution in [0.1, 0.15) is 36.0 Å². The topological polar surface area (TPSA) is 119 Å². The zero-order valence-corrected chi connectivity index (χ0v) is 18.1. The van der Waals surface area contributed by atoms with E-state index in [0.717, 1.165) is 12.8 Å². The highest BCUT2D eigenvalue weighted by Crippen LogP contribution is 2.21. The SMILES string of the molecule is O=C1N[C@@H](CC(=O)N2CCCN(S(=O)(=O)N3CCCC3)CC2)C(=O)Nc2ccccc21. The number of nitrogens with zero attached hydrogens (tertiary/aromatic N) is 3. The number of carbonyl (C=O) groups is 3. The van der Waals surface area contributed by atoms with E-state index in [1.54, 1.807) is 29.2 Å². The molecule has 3 aliphatic rings. The lowest BCUT2D eigenvalue weighted by Gasteiger charge is -2.26. The smallest absolute Gasteiger partial charge is 0.282 e. The maximum atomic E-state index is 12.9. The molecule has 3 amide bonds. The van der Waals surface area contributed by atoms with Crippen molar-refractivity contribution in [3.8, 4) is 0 Å². The molecular formula is C20H27N5O5S. The number of anilines is 1. The monoisotopic (exact) mass is 449 g/mol. The van der Waals surface area contributed by atoms with Crippen molar-refractivity contribution in [3.63, 3.8) is 0 Å². The van der Waals surface area contributed by atoms with Crippen LogP contribution in [0.3, 0.4) is 0 Å². The molecule has 2 N–H and O–H groups in total. The lowest BCUT2D eigenvalue weighted by atomic mass is 10.1. The Morgan fingerprint density at radius 3 is 2.39 bits per heavy atom. The first-order chi connectivity index (χ1) is 14.9. The van der Waals surface area contributed by atoms with Crippen LogP contribution in [0.25, 0.3) is 0 Å². The van der Waals surface area contributed by atoms with Crippen LogP contribution in [0, 0.1) is 0 Å². The summed E-state index contributed by atoms with van der Waals surface area (Å²) in [5, 5.41) is 5.32. The third-order valence-electron chi connectivity index (χ3n) is 5.96. The largest absolute Gasteiger partial charge is 0.341 e. The van der Waals surface area contributed by atoms with Crippen molar-refractivity contribution in [1.29, 1.82) is 0 Å². The number of amides is 3. The standard InChI is InChI=1S/C20H27N5O5S/c26-18(14-17-20(28)21-16-7-2-1-6-15(16)19(27)22-17)23-8-5-11-25(13-12-23)31(29,30)24-9-3-4-10-24/h1-2,6-7,17H,3-5,8-14H2,(H,21,28)(H,22,27)/t17-/m0/s1. The van der Waals surface area contributed by atoms with E-state index < -0.39 is 28.1 Å². The Kier molecular flexibility index (Phi) is 6.26. The molecule has 168 valence electrons. The van der Waals surface area contributed by atoms with Gasteiger partial charge in [0.25, 0.3) is 16.1 Å². The van der Waals surface area contributed by atoms with Crippen molar-refractivity contribution < 1.29 is 22.8 Å². The minimum absolute atomic E-state index is 0.176. The van der Waals surface area contributed by atoms with Gasteiger partial charge in [0.05, 0.1) is 17.7 Å². The number of para-hydroxylation sites is 1. The number of rotatable bonds is 4. The summed E-state index contributed by atoms with van der Waals surface area (Å²) < 4.78 is 28.6. The molecule has 31 heavy (non-hydrogen) atoms. The zero-order valence-electron chi connectivity index (χ0n) is 17.2. The summed E-state index contributed by atoms with van der Waals surface area (Å²) in [5.41, 5.74) is 0.765. The highest BCUT2D eigenvalue weighted by atomic mass is 32.2. The van der Waals surface area contributed by atoms with Gasteiger partial charge in [-0.2, -0.15) is 17.0 Å². The van der Waals surface area contributed by atoms with Crippen molar-refractivity contribution in [2.75, 3.05) is 44.6 Å². The zero-order chi connectivity index (χ0) is 22.0. The Balaban J connectivity index is 1.38. The van der Waals surface area contributed by atoms with Crippen molar-refractivity contribution in [1.82, 2.24) is 18.8 Å². The van der Waals surface area contributed by atoms with Crippen molar-refractivity contribution >= 4 is 33.6 Å². The maximum absolute atomic E-state index is 12.9. The first-order valence-electron chi connectivity index (χ1n) is 10.6. The van der Waals surface area contributed by atoms with Crippen molar-refractivity contribution in [2.45, 2.75) is 31.7 Å². The summed E-state index contributed by atoms with van der Waals surface area (Å²) in [6, 6.07) is 5.69. The molecular weight excluding hydrogens is 422 g/mol. The van der Waals surface area contributed by atoms with Crippen molar-refractivity contribution in [2.24, 2.45) is 0 Å². The van der Waals surface area contributed by atoms with E-state index in [4.69, 9.17) is 0 Å². The molecule has 3 heterocycles. The van der Waals surface area contributed by atoms with E-state index in [0.29, 0.717) is 43.9 Å². The minimum atomic E-state index is -3.51. The molecule has 4 rings (SSSR count). The molecule has 2 saturated heterocycles. The molecule has 0 radical (unpaired) electrons. The average molecular weight is 450 g/mol. The van der Waals surface area contributed by atoms with Crippen LogP contribution in [0.4, 0.5) is 5.69 Å². The Bertz CT molecular complexity index is 976. The molecule has 0 aromatic heterocycles. The lowest BCUT2D eigenvalue weighted by Crippen LogP contribution is -2.47. The van der Waals surface area contributed by atoms with Gasteiger partial charge >= 0.3 is 0 Å². The number of benzene rings is 1. The van der Waals surface area contributed by atoms with Crippen LogP contribution in [0.15, 0.2) is 24.3 Å². The first kappa shape index (κ1) is 21.7. The number of fused-ring (bicyclic) bond motifs is 1. The normalized spacial score (nSPS) is 23.5. The van der Waals surface area contributed by atoms with E-state index in [-0.39, 0.29) is 25.4 Å². The van der Waals surface area contributed by atoms with E-state index in [1.165, 1.54) is 8.61 Å². The summed E-state index contributed by atoms with van der Waals surface area (Å²) in [4.78, 5) is 39.5. The molecule has 1 atom stereocenters. The fourth-order valence-electron chi connectivity index (χ4n) is 4.21. The van der Waals surface area contributed by atoms with E-state index >= 15 is 0 Å². The van der Waals surface area contributed by atoms with E-state index in [1.807, 2.05) is 0 Å². The van der Waals surface area contributed by atoms with Gasteiger partial charge < -0.3 is 15.5 Å². The molecule has 0 saturated carbocycles. The summed E-state index contributed by atoms with van der Waals surface area (Å²) in [7, 11) is -3.51. The predicted molar refractivity (Wildman–Crippen MR) is 113 cm³/mol. The number of hydrogen-bond donors (Lipinski definition) is 2. The van der Waals surface area contributed by atoms with Crippen LogP contribution < -0.4 is 10.6 Å². The van der Waals surface area contributed by atoms with Gasteiger partial charge in [-0.1, -0.05) is 12.1 Å². The highest BCUT2D eigenvalue weighted by Gasteiger charge is 2.35. The van der Waals surface area contributed by atoms with Crippen LogP contribution >= 0.6 is 0 Å². The highest BCUT2D eigenvalue weighted by molar-refractivity contribution is 7.86. The predicted octanol–water partition coefficient (Wildman–Crippen LogP) is 0.00210. The summed E-state index contributed by atoms with van der Waals surface area (Å²) in [6.07, 6.45) is 2.09. The van der Waals surface area contributed by atoms with Gasteiger partial charge in [-0.05, 0) is 31.4 Å². The number of nitrogens with one attached hydrogen (secondary N) is 2. The third-order valence-corrected chi connectivity index (χ3v) is 7.99. The molecule has 0 unspecified atom stereocenters. The van der Waals surface area contributed by atoms with Gasteiger partial charge in [-0.15, -0.1) is 0 Å². The average Bonchev–Trinajstić information content (AvgIpc) is 3.14. The lowest BCUT2D eigenvalue weighted by molar-refractivity contribution is -0.133. The molecule has 10 nitrogen and oxygen atoms in total. The quantitative estimate of drug-likeness (QED) is 0.671. The summed E-state index contributed by atoms with van der Waals surface area (Å²) in [5.74, 6) is -1.14. The Morgan fingerprint density at radius 2 is 1.61 bits per heavy atom. The van der Waals surface area contributed by atoms with Gasteiger partial charge in [-0.25, -0.2) is 0 Å². The van der Waals surface area contributed by atoms with E-state index in [9.17, 15) is 22.8 Å². The number of hydrogen-bond acceptors (Lipinski definition) is 5. The van der Waals surface area contributed by atoms with Crippen LogP contribution in [-0.4, -0.2) is 85.0 Å². The fraction of sp³-hybridized carbons (Fsp3) is 0.550. The van der Waals surface area contributed by atoms with Crippen molar-refractivity contribution in [3.05, 3.63) is 29.8 Å². The fourth-order valence-corrected chi connectivity index (χ4v) is 5.93. The Hall–Kier alpha value is -2.50. The van der Waals surface area contributed by atoms with Crippen LogP contribution in [-0.2, 0) is 19.8 Å². The molecule has 11 heteroatoms. The third kappa shape index (κ3) is 4.58. The Labute approximate surface area is 181 Å². The second-order valence-electron chi connectivity index (χ2n) is 8.01. The molecule has 0 bridgehead atoms. The van der Waals surface area contributed by atoms with Gasteiger partial charge in [0.1, 0.15) is 6.04 Å². The molecule has 1 aromatic carbocycles. The number of carbonyl (C=O) groups excluding carboxylic acids is 3. The summed E-state index contributed by atoms with van der Waals surface area (Å²) >= 11 is 0. The summed E-state index contributed by atoms with van der Waals surface area (Å²) in [6.45, 7) is 2.33. The molecule has 2 fully saturated rings. The molecule has 0 aliphatic carbocycles. The van der Waals surface area contributed by atoms with Gasteiger partial charge in [0.2, 0.25) is 11.8 Å². The molecule has 0 spiro atoms. The minimum Gasteiger partial charge on any atom is -0.341 e. The van der Waals surface area contributed by atoms with Gasteiger partial charge in [0, 0.05) is 39.3 Å². The van der Waals surface area contributed by atoms with Gasteiger partial charge in [-0.3, -0.25) is 14.4 Å². The van der Waals surface area contributed by atoms with Crippen LogP contribution in [0.2, 0.25) is 0 Å². The second kappa shape index (κ2) is 8.93. The van der Waals surface area contributed by atoms with Gasteiger partial charge in [0.15, 0.2) is 0 Å². The van der Waals surface area contributed by atoms with E-state index in [2.05, 4.69) is 10.6 Å².